The van der Waals surface area contributed by atoms with E-state index in [0.29, 0.717) is 12.1 Å². The van der Waals surface area contributed by atoms with Gasteiger partial charge in [0.25, 0.3) is 0 Å². The molecule has 1 aliphatic carbocycles. The largest absolute Gasteiger partial charge is 0.378 e. The van der Waals surface area contributed by atoms with Crippen LogP contribution in [0, 0.1) is 0 Å². The van der Waals surface area contributed by atoms with Gasteiger partial charge in [-0.25, -0.2) is 0 Å². The van der Waals surface area contributed by atoms with Crippen molar-refractivity contribution in [2.75, 3.05) is 18.9 Å². The Morgan fingerprint density at radius 2 is 2.05 bits per heavy atom. The quantitative estimate of drug-likeness (QED) is 0.729. The van der Waals surface area contributed by atoms with Gasteiger partial charge in [-0.3, -0.25) is 4.79 Å². The van der Waals surface area contributed by atoms with Crippen LogP contribution in [0.3, 0.4) is 0 Å². The highest BCUT2D eigenvalue weighted by molar-refractivity contribution is 8.00. The first-order chi connectivity index (χ1) is 9.25. The highest BCUT2D eigenvalue weighted by Crippen LogP contribution is 2.26. The van der Waals surface area contributed by atoms with E-state index in [4.69, 9.17) is 10.5 Å². The number of ether oxygens (including phenoxy) is 1. The Morgan fingerprint density at radius 1 is 1.26 bits per heavy atom. The van der Waals surface area contributed by atoms with Crippen molar-refractivity contribution < 1.29 is 9.53 Å². The fourth-order valence-corrected chi connectivity index (χ4v) is 3.87. The number of rotatable bonds is 6. The Labute approximate surface area is 120 Å². The van der Waals surface area contributed by atoms with E-state index in [1.54, 1.807) is 11.8 Å². The van der Waals surface area contributed by atoms with Crippen molar-refractivity contribution in [2.24, 2.45) is 5.73 Å². The monoisotopic (exact) mass is 286 g/mol. The SMILES string of the molecule is NC1CCC(OCCCNC(=O)C2CCCS2)CC1. The van der Waals surface area contributed by atoms with Crippen LogP contribution in [-0.4, -0.2) is 42.2 Å². The molecule has 0 spiro atoms. The lowest BCUT2D eigenvalue weighted by atomic mass is 9.94. The van der Waals surface area contributed by atoms with Gasteiger partial charge in [-0.05, 0) is 50.7 Å². The van der Waals surface area contributed by atoms with Crippen molar-refractivity contribution in [3.63, 3.8) is 0 Å². The summed E-state index contributed by atoms with van der Waals surface area (Å²) in [6, 6.07) is 0.378. The van der Waals surface area contributed by atoms with Gasteiger partial charge in [-0.1, -0.05) is 0 Å². The van der Waals surface area contributed by atoms with Crippen molar-refractivity contribution in [3.8, 4) is 0 Å². The number of carbonyl (C=O) groups excluding carboxylic acids is 1. The molecule has 2 rings (SSSR count). The first-order valence-corrected chi connectivity index (χ1v) is 8.57. The fourth-order valence-electron chi connectivity index (χ4n) is 2.69. The first-order valence-electron chi connectivity index (χ1n) is 7.52. The Kier molecular flexibility index (Phi) is 6.47. The van der Waals surface area contributed by atoms with Crippen LogP contribution in [0.5, 0.6) is 0 Å². The minimum atomic E-state index is 0.195. The molecule has 0 aromatic rings. The van der Waals surface area contributed by atoms with E-state index in [9.17, 15) is 4.79 Å². The molecular formula is C14H26N2O2S. The lowest BCUT2D eigenvalue weighted by Gasteiger charge is -2.26. The molecule has 5 heteroatoms. The van der Waals surface area contributed by atoms with Gasteiger partial charge in [0.2, 0.25) is 5.91 Å². The maximum Gasteiger partial charge on any atom is 0.233 e. The average Bonchev–Trinajstić information content (AvgIpc) is 2.94. The zero-order valence-corrected chi connectivity index (χ0v) is 12.4. The number of amides is 1. The number of carbonyl (C=O) groups is 1. The van der Waals surface area contributed by atoms with Gasteiger partial charge >= 0.3 is 0 Å². The minimum Gasteiger partial charge on any atom is -0.378 e. The van der Waals surface area contributed by atoms with Crippen LogP contribution >= 0.6 is 11.8 Å². The molecule has 0 bridgehead atoms. The first kappa shape index (κ1) is 15.1. The average molecular weight is 286 g/mol. The summed E-state index contributed by atoms with van der Waals surface area (Å²) in [5.41, 5.74) is 5.86. The third-order valence-electron chi connectivity index (χ3n) is 3.91. The van der Waals surface area contributed by atoms with E-state index < -0.39 is 0 Å². The van der Waals surface area contributed by atoms with Crippen LogP contribution in [0.25, 0.3) is 0 Å². The third-order valence-corrected chi connectivity index (χ3v) is 5.29. The lowest BCUT2D eigenvalue weighted by molar-refractivity contribution is -0.120. The fraction of sp³-hybridized carbons (Fsp3) is 0.929. The molecule has 2 aliphatic rings. The number of nitrogens with two attached hydrogens (primary N) is 1. The summed E-state index contributed by atoms with van der Waals surface area (Å²) in [6.07, 6.45) is 7.86. The molecule has 1 unspecified atom stereocenters. The minimum absolute atomic E-state index is 0.195. The summed E-state index contributed by atoms with van der Waals surface area (Å²) in [4.78, 5) is 11.8. The van der Waals surface area contributed by atoms with Crippen LogP contribution in [0.1, 0.15) is 44.9 Å². The molecular weight excluding hydrogens is 260 g/mol. The van der Waals surface area contributed by atoms with Gasteiger partial charge in [0.1, 0.15) is 0 Å². The molecule has 0 aromatic carbocycles. The number of hydrogen-bond donors (Lipinski definition) is 2. The van der Waals surface area contributed by atoms with Gasteiger partial charge in [0, 0.05) is 19.2 Å². The van der Waals surface area contributed by atoms with Gasteiger partial charge in [0.05, 0.1) is 11.4 Å². The zero-order valence-electron chi connectivity index (χ0n) is 11.6. The Balaban J connectivity index is 1.46. The molecule has 19 heavy (non-hydrogen) atoms. The van der Waals surface area contributed by atoms with Crippen LogP contribution < -0.4 is 11.1 Å². The van der Waals surface area contributed by atoms with Crippen molar-refractivity contribution in [2.45, 2.75) is 62.3 Å². The van der Waals surface area contributed by atoms with Crippen LogP contribution in [0.15, 0.2) is 0 Å². The van der Waals surface area contributed by atoms with Crippen molar-refractivity contribution in [1.29, 1.82) is 0 Å². The number of hydrogen-bond acceptors (Lipinski definition) is 4. The van der Waals surface area contributed by atoms with E-state index in [2.05, 4.69) is 5.32 Å². The molecule has 4 nitrogen and oxygen atoms in total. The molecule has 2 fully saturated rings. The molecule has 1 amide bonds. The molecule has 3 N–H and O–H groups in total. The molecule has 0 aromatic heterocycles. The summed E-state index contributed by atoms with van der Waals surface area (Å²) in [7, 11) is 0. The second-order valence-corrected chi connectivity index (χ2v) is 6.86. The lowest BCUT2D eigenvalue weighted by Crippen LogP contribution is -2.33. The van der Waals surface area contributed by atoms with Crippen molar-refractivity contribution in [3.05, 3.63) is 0 Å². The normalized spacial score (nSPS) is 31.3. The molecule has 1 saturated heterocycles. The topological polar surface area (TPSA) is 64.3 Å². The van der Waals surface area contributed by atoms with Crippen LogP contribution in [0.2, 0.25) is 0 Å². The Hall–Kier alpha value is -0.260. The summed E-state index contributed by atoms with van der Waals surface area (Å²) >= 11 is 1.78. The van der Waals surface area contributed by atoms with Gasteiger partial charge < -0.3 is 15.8 Å². The molecule has 1 aliphatic heterocycles. The van der Waals surface area contributed by atoms with Crippen LogP contribution in [-0.2, 0) is 9.53 Å². The van der Waals surface area contributed by atoms with E-state index in [1.165, 1.54) is 6.42 Å². The van der Waals surface area contributed by atoms with Crippen molar-refractivity contribution in [1.82, 2.24) is 5.32 Å². The molecule has 1 heterocycles. The predicted molar refractivity (Wildman–Crippen MR) is 79.3 cm³/mol. The van der Waals surface area contributed by atoms with E-state index in [0.717, 1.165) is 57.4 Å². The second kappa shape index (κ2) is 8.12. The van der Waals surface area contributed by atoms with E-state index in [1.807, 2.05) is 0 Å². The van der Waals surface area contributed by atoms with Gasteiger partial charge in [0.15, 0.2) is 0 Å². The molecule has 1 saturated carbocycles. The summed E-state index contributed by atoms with van der Waals surface area (Å²) < 4.78 is 5.83. The predicted octanol–water partition coefficient (Wildman–Crippen LogP) is 1.67. The smallest absolute Gasteiger partial charge is 0.233 e. The second-order valence-electron chi connectivity index (χ2n) is 5.55. The molecule has 110 valence electrons. The standard InChI is InChI=1S/C14H26N2O2S/c15-11-4-6-12(7-5-11)18-9-2-8-16-14(17)13-3-1-10-19-13/h11-13H,1-10,15H2,(H,16,17). The highest BCUT2D eigenvalue weighted by atomic mass is 32.2. The van der Waals surface area contributed by atoms with Crippen LogP contribution in [0.4, 0.5) is 0 Å². The summed E-state index contributed by atoms with van der Waals surface area (Å²) in [5, 5.41) is 3.20. The van der Waals surface area contributed by atoms with E-state index >= 15 is 0 Å². The summed E-state index contributed by atoms with van der Waals surface area (Å²) in [6.45, 7) is 1.49. The van der Waals surface area contributed by atoms with Gasteiger partial charge in [-0.15, -0.1) is 11.8 Å². The Bertz CT molecular complexity index is 275. The molecule has 0 radical (unpaired) electrons. The number of thioether (sulfide) groups is 1. The Morgan fingerprint density at radius 3 is 2.74 bits per heavy atom. The summed E-state index contributed by atoms with van der Waals surface area (Å²) in [5.74, 6) is 1.34. The third kappa shape index (κ3) is 5.32. The zero-order chi connectivity index (χ0) is 13.5. The maximum atomic E-state index is 11.8. The van der Waals surface area contributed by atoms with Crippen molar-refractivity contribution >= 4 is 17.7 Å². The maximum absolute atomic E-state index is 11.8. The number of nitrogens with one attached hydrogen (secondary N) is 1. The molecule has 1 atom stereocenters. The highest BCUT2D eigenvalue weighted by Gasteiger charge is 2.22. The van der Waals surface area contributed by atoms with E-state index in [-0.39, 0.29) is 11.2 Å². The van der Waals surface area contributed by atoms with Gasteiger partial charge in [-0.2, -0.15) is 0 Å².